The Morgan fingerprint density at radius 1 is 1.26 bits per heavy atom. The fourth-order valence-corrected chi connectivity index (χ4v) is 3.52. The van der Waals surface area contributed by atoms with Gasteiger partial charge in [-0.25, -0.2) is 0 Å². The Labute approximate surface area is 127 Å². The largest absolute Gasteiger partial charge is 0.288 e. The van der Waals surface area contributed by atoms with Crippen molar-refractivity contribution in [2.45, 2.75) is 26.3 Å². The minimum atomic E-state index is -0.295. The average Bonchev–Trinajstić information content (AvgIpc) is 2.56. The van der Waals surface area contributed by atoms with Crippen LogP contribution >= 0.6 is 35.6 Å². The zero-order chi connectivity index (χ0) is 14.2. The van der Waals surface area contributed by atoms with E-state index in [2.05, 4.69) is 0 Å². The van der Waals surface area contributed by atoms with E-state index in [1.807, 2.05) is 39.0 Å². The van der Waals surface area contributed by atoms with Crippen molar-refractivity contribution in [3.05, 3.63) is 39.8 Å². The third-order valence-electron chi connectivity index (χ3n) is 2.63. The predicted molar refractivity (Wildman–Crippen MR) is 86.2 cm³/mol. The Kier molecular flexibility index (Phi) is 4.04. The van der Waals surface area contributed by atoms with Crippen LogP contribution in [0.25, 0.3) is 6.08 Å². The van der Waals surface area contributed by atoms with E-state index in [1.54, 1.807) is 17.0 Å². The van der Waals surface area contributed by atoms with Crippen LogP contribution in [0.2, 0.25) is 5.02 Å². The molecule has 0 saturated carbocycles. The van der Waals surface area contributed by atoms with Crippen LogP contribution in [0.4, 0.5) is 0 Å². The normalized spacial score (nSPS) is 18.5. The van der Waals surface area contributed by atoms with Gasteiger partial charge in [-0.2, -0.15) is 0 Å². The summed E-state index contributed by atoms with van der Waals surface area (Å²) < 4.78 is 0.609. The molecule has 0 unspecified atom stereocenters. The maximum absolute atomic E-state index is 12.4. The van der Waals surface area contributed by atoms with Crippen LogP contribution in [0.15, 0.2) is 29.2 Å². The van der Waals surface area contributed by atoms with E-state index in [-0.39, 0.29) is 11.4 Å². The van der Waals surface area contributed by atoms with Crippen molar-refractivity contribution in [1.82, 2.24) is 4.90 Å². The lowest BCUT2D eigenvalue weighted by Gasteiger charge is -2.30. The Hall–Kier alpha value is -0.840. The third kappa shape index (κ3) is 3.19. The van der Waals surface area contributed by atoms with Crippen LogP contribution in [0.1, 0.15) is 26.3 Å². The zero-order valence-corrected chi connectivity index (χ0v) is 13.3. The Morgan fingerprint density at radius 2 is 1.84 bits per heavy atom. The molecule has 5 heteroatoms. The lowest BCUT2D eigenvalue weighted by Crippen LogP contribution is -2.44. The first kappa shape index (κ1) is 14.6. The third-order valence-corrected chi connectivity index (χ3v) is 4.19. The highest BCUT2D eigenvalue weighted by Crippen LogP contribution is 2.36. The van der Waals surface area contributed by atoms with Gasteiger partial charge in [0, 0.05) is 10.6 Å². The van der Waals surface area contributed by atoms with E-state index in [0.29, 0.717) is 14.2 Å². The van der Waals surface area contributed by atoms with Gasteiger partial charge in [-0.15, -0.1) is 0 Å². The molecule has 0 atom stereocenters. The smallest absolute Gasteiger partial charge is 0.266 e. The van der Waals surface area contributed by atoms with Crippen molar-refractivity contribution in [2.75, 3.05) is 0 Å². The number of hydrogen-bond acceptors (Lipinski definition) is 3. The van der Waals surface area contributed by atoms with Gasteiger partial charge in [0.2, 0.25) is 0 Å². The van der Waals surface area contributed by atoms with E-state index in [9.17, 15) is 4.79 Å². The number of rotatable bonds is 1. The van der Waals surface area contributed by atoms with Crippen LogP contribution < -0.4 is 0 Å². The fourth-order valence-electron chi connectivity index (χ4n) is 1.76. The number of halogens is 1. The number of benzene rings is 1. The molecule has 0 aliphatic carbocycles. The van der Waals surface area contributed by atoms with E-state index in [0.717, 1.165) is 5.56 Å². The van der Waals surface area contributed by atoms with Gasteiger partial charge in [-0.3, -0.25) is 9.69 Å². The molecule has 0 spiro atoms. The van der Waals surface area contributed by atoms with Crippen LogP contribution in [0, 0.1) is 0 Å². The second-order valence-corrected chi connectivity index (χ2v) is 7.35. The average molecular weight is 312 g/mol. The summed E-state index contributed by atoms with van der Waals surface area (Å²) in [6.07, 6.45) is 1.85. The lowest BCUT2D eigenvalue weighted by molar-refractivity contribution is -0.125. The zero-order valence-electron chi connectivity index (χ0n) is 10.9. The number of carbonyl (C=O) groups excluding carboxylic acids is 1. The molecule has 100 valence electrons. The lowest BCUT2D eigenvalue weighted by atomic mass is 10.1. The van der Waals surface area contributed by atoms with Crippen LogP contribution in [-0.4, -0.2) is 20.7 Å². The highest BCUT2D eigenvalue weighted by atomic mass is 35.5. The van der Waals surface area contributed by atoms with Crippen molar-refractivity contribution in [1.29, 1.82) is 0 Å². The summed E-state index contributed by atoms with van der Waals surface area (Å²) in [5.41, 5.74) is 0.648. The summed E-state index contributed by atoms with van der Waals surface area (Å²) in [5.74, 6) is -0.0301. The monoisotopic (exact) mass is 311 g/mol. The van der Waals surface area contributed by atoms with E-state index < -0.39 is 0 Å². The Bertz CT molecular complexity index is 558. The van der Waals surface area contributed by atoms with Crippen molar-refractivity contribution in [3.63, 3.8) is 0 Å². The van der Waals surface area contributed by atoms with E-state index in [1.165, 1.54) is 11.8 Å². The Morgan fingerprint density at radius 3 is 2.32 bits per heavy atom. The summed E-state index contributed by atoms with van der Waals surface area (Å²) in [6, 6.07) is 7.37. The molecule has 0 N–H and O–H groups in total. The second-order valence-electron chi connectivity index (χ2n) is 5.24. The summed E-state index contributed by atoms with van der Waals surface area (Å²) in [4.78, 5) is 14.7. The summed E-state index contributed by atoms with van der Waals surface area (Å²) in [7, 11) is 0. The maximum atomic E-state index is 12.4. The highest BCUT2D eigenvalue weighted by molar-refractivity contribution is 8.26. The van der Waals surface area contributed by atoms with Gasteiger partial charge < -0.3 is 0 Å². The van der Waals surface area contributed by atoms with Crippen molar-refractivity contribution < 1.29 is 4.79 Å². The van der Waals surface area contributed by atoms with Crippen molar-refractivity contribution in [3.8, 4) is 0 Å². The molecule has 1 aliphatic rings. The molecule has 19 heavy (non-hydrogen) atoms. The van der Waals surface area contributed by atoms with Gasteiger partial charge in [0.25, 0.3) is 5.91 Å². The standard InChI is InChI=1S/C14H14ClNOS2/c1-14(2,3)16-12(17)11(19-13(16)18)8-9-4-6-10(15)7-5-9/h4-8H,1-3H3/b11-8-. The van der Waals surface area contributed by atoms with Gasteiger partial charge in [0.1, 0.15) is 4.32 Å². The van der Waals surface area contributed by atoms with E-state index in [4.69, 9.17) is 23.8 Å². The molecule has 2 rings (SSSR count). The molecule has 1 amide bonds. The highest BCUT2D eigenvalue weighted by Gasteiger charge is 2.38. The molecule has 1 heterocycles. The molecule has 1 aliphatic heterocycles. The summed E-state index contributed by atoms with van der Waals surface area (Å²) in [6.45, 7) is 5.93. The minimum absolute atomic E-state index is 0.0301. The first-order chi connectivity index (χ1) is 8.79. The molecule has 1 aromatic rings. The topological polar surface area (TPSA) is 20.3 Å². The molecule has 1 aromatic carbocycles. The number of thioether (sulfide) groups is 1. The van der Waals surface area contributed by atoms with E-state index >= 15 is 0 Å². The Balaban J connectivity index is 2.31. The summed E-state index contributed by atoms with van der Waals surface area (Å²) in [5, 5.41) is 0.680. The maximum Gasteiger partial charge on any atom is 0.266 e. The molecule has 1 fully saturated rings. The van der Waals surface area contributed by atoms with Gasteiger partial charge in [0.05, 0.1) is 4.91 Å². The van der Waals surface area contributed by atoms with Crippen LogP contribution in [0.5, 0.6) is 0 Å². The number of carbonyl (C=O) groups is 1. The number of nitrogens with zero attached hydrogens (tertiary/aromatic N) is 1. The quantitative estimate of drug-likeness (QED) is 0.568. The SMILES string of the molecule is CC(C)(C)N1C(=O)/C(=C/c2ccc(Cl)cc2)SC1=S. The molecule has 0 bridgehead atoms. The molecule has 0 radical (unpaired) electrons. The first-order valence-electron chi connectivity index (χ1n) is 5.83. The van der Waals surface area contributed by atoms with Gasteiger partial charge in [0.15, 0.2) is 0 Å². The molecular weight excluding hydrogens is 298 g/mol. The minimum Gasteiger partial charge on any atom is -0.288 e. The van der Waals surface area contributed by atoms with Crippen LogP contribution in [-0.2, 0) is 4.79 Å². The fraction of sp³-hybridized carbons (Fsp3) is 0.286. The molecule has 2 nitrogen and oxygen atoms in total. The second kappa shape index (κ2) is 5.27. The number of hydrogen-bond donors (Lipinski definition) is 0. The summed E-state index contributed by atoms with van der Waals surface area (Å²) >= 11 is 12.5. The molecule has 0 aromatic heterocycles. The predicted octanol–water partition coefficient (Wildman–Crippen LogP) is 4.34. The molecular formula is C14H14ClNOS2. The van der Waals surface area contributed by atoms with Crippen molar-refractivity contribution >= 4 is 51.9 Å². The van der Waals surface area contributed by atoms with Crippen LogP contribution in [0.3, 0.4) is 0 Å². The van der Waals surface area contributed by atoms with Gasteiger partial charge in [-0.1, -0.05) is 47.7 Å². The number of amides is 1. The van der Waals surface area contributed by atoms with Gasteiger partial charge in [-0.05, 0) is 44.5 Å². The first-order valence-corrected chi connectivity index (χ1v) is 7.43. The number of thiocarbonyl (C=S) groups is 1. The molecule has 1 saturated heterocycles. The van der Waals surface area contributed by atoms with Crippen molar-refractivity contribution in [2.24, 2.45) is 0 Å². The van der Waals surface area contributed by atoms with Gasteiger partial charge >= 0.3 is 0 Å².